The topological polar surface area (TPSA) is 42.2 Å². The molecule has 0 aliphatic rings. The van der Waals surface area contributed by atoms with Gasteiger partial charge in [0, 0.05) is 35.6 Å². The molecule has 0 spiro atoms. The zero-order chi connectivity index (χ0) is 12.1. The van der Waals surface area contributed by atoms with Crippen molar-refractivity contribution in [1.29, 1.82) is 0 Å². The number of nitrogens with zero attached hydrogens (tertiary/aromatic N) is 2. The van der Waals surface area contributed by atoms with Crippen LogP contribution in [-0.4, -0.2) is 16.4 Å². The average molecular weight is 302 g/mol. The van der Waals surface area contributed by atoms with Gasteiger partial charge >= 0.3 is 0 Å². The first-order valence-corrected chi connectivity index (χ1v) is 7.03. The predicted octanol–water partition coefficient (Wildman–Crippen LogP) is 3.40. The zero-order valence-corrected chi connectivity index (χ0v) is 12.4. The number of hydrogen-bond donors (Lipinski definition) is 1. The molecule has 18 heavy (non-hydrogen) atoms. The fraction of sp³-hybridized carbons (Fsp3) is 0.250. The van der Waals surface area contributed by atoms with Crippen LogP contribution in [0.4, 0.5) is 5.13 Å². The van der Waals surface area contributed by atoms with E-state index in [9.17, 15) is 0 Å². The summed E-state index contributed by atoms with van der Waals surface area (Å²) in [5, 5.41) is 2.74. The molecule has 0 aliphatic heterocycles. The fourth-order valence-corrected chi connectivity index (χ4v) is 3.08. The van der Waals surface area contributed by atoms with Gasteiger partial charge in [0.25, 0.3) is 0 Å². The summed E-state index contributed by atoms with van der Waals surface area (Å²) in [6.07, 6.45) is 3.78. The van der Waals surface area contributed by atoms with E-state index in [1.54, 1.807) is 22.7 Å². The van der Waals surface area contributed by atoms with Gasteiger partial charge in [0.2, 0.25) is 0 Å². The Morgan fingerprint density at radius 3 is 2.72 bits per heavy atom. The van der Waals surface area contributed by atoms with Crippen LogP contribution in [0.1, 0.15) is 9.75 Å². The first-order chi connectivity index (χ1) is 8.28. The average Bonchev–Trinajstić information content (AvgIpc) is 2.91. The van der Waals surface area contributed by atoms with Gasteiger partial charge in [-0.15, -0.1) is 41.7 Å². The third-order valence-corrected chi connectivity index (χ3v) is 3.97. The quantitative estimate of drug-likeness (QED) is 0.832. The Bertz CT molecular complexity index is 467. The Balaban J connectivity index is 0.00000162. The molecule has 2 heterocycles. The molecule has 2 aromatic rings. The number of nitrogens with two attached hydrogens (primary N) is 1. The van der Waals surface area contributed by atoms with Gasteiger partial charge in [-0.25, -0.2) is 4.98 Å². The van der Waals surface area contributed by atoms with Gasteiger partial charge in [-0.3, -0.25) is 4.90 Å². The molecule has 6 heteroatoms. The van der Waals surface area contributed by atoms with Gasteiger partial charge in [0.05, 0.1) is 0 Å². The van der Waals surface area contributed by atoms with Crippen LogP contribution in [0.3, 0.4) is 0 Å². The standard InChI is InChI=1S/C12H15N3S2.ClH/c1-2-5-15(8-10-4-3-6-16-10)9-11-7-14-12(13)17-11;/h2-4,6-7H,1,5,8-9H2,(H2,13,14);1H. The number of halogens is 1. The first kappa shape index (κ1) is 15.2. The van der Waals surface area contributed by atoms with E-state index in [0.29, 0.717) is 5.13 Å². The summed E-state index contributed by atoms with van der Waals surface area (Å²) in [6.45, 7) is 6.49. The van der Waals surface area contributed by atoms with Crippen molar-refractivity contribution in [3.8, 4) is 0 Å². The van der Waals surface area contributed by atoms with E-state index in [-0.39, 0.29) is 12.4 Å². The summed E-state index contributed by atoms with van der Waals surface area (Å²) < 4.78 is 0. The number of rotatable bonds is 6. The minimum atomic E-state index is 0. The predicted molar refractivity (Wildman–Crippen MR) is 82.4 cm³/mol. The lowest BCUT2D eigenvalue weighted by Crippen LogP contribution is -2.21. The molecule has 0 saturated heterocycles. The molecule has 2 N–H and O–H groups in total. The molecule has 3 nitrogen and oxygen atoms in total. The van der Waals surface area contributed by atoms with Crippen LogP contribution in [0.25, 0.3) is 0 Å². The van der Waals surface area contributed by atoms with Crippen LogP contribution in [0.5, 0.6) is 0 Å². The third kappa shape index (κ3) is 4.42. The van der Waals surface area contributed by atoms with Gasteiger partial charge in [0.1, 0.15) is 0 Å². The van der Waals surface area contributed by atoms with Gasteiger partial charge in [-0.1, -0.05) is 12.1 Å². The molecular weight excluding hydrogens is 286 g/mol. The minimum absolute atomic E-state index is 0. The second kappa shape index (κ2) is 7.53. The lowest BCUT2D eigenvalue weighted by Gasteiger charge is -2.18. The van der Waals surface area contributed by atoms with E-state index in [0.717, 1.165) is 19.6 Å². The second-order valence-corrected chi connectivity index (χ2v) is 5.88. The lowest BCUT2D eigenvalue weighted by molar-refractivity contribution is 0.291. The van der Waals surface area contributed by atoms with E-state index in [1.807, 2.05) is 12.3 Å². The summed E-state index contributed by atoms with van der Waals surface area (Å²) in [4.78, 5) is 8.96. The Morgan fingerprint density at radius 2 is 2.17 bits per heavy atom. The highest BCUT2D eigenvalue weighted by atomic mass is 35.5. The van der Waals surface area contributed by atoms with Crippen molar-refractivity contribution in [3.63, 3.8) is 0 Å². The highest BCUT2D eigenvalue weighted by Crippen LogP contribution is 2.19. The van der Waals surface area contributed by atoms with Crippen LogP contribution < -0.4 is 5.73 Å². The third-order valence-electron chi connectivity index (χ3n) is 2.30. The summed E-state index contributed by atoms with van der Waals surface area (Å²) in [5.41, 5.74) is 5.64. The zero-order valence-electron chi connectivity index (χ0n) is 9.91. The SMILES string of the molecule is C=CCN(Cc1cccs1)Cc1cnc(N)s1.Cl. The molecule has 0 amide bonds. The number of nitrogen functional groups attached to an aromatic ring is 1. The van der Waals surface area contributed by atoms with E-state index in [1.165, 1.54) is 9.75 Å². The van der Waals surface area contributed by atoms with Crippen molar-refractivity contribution in [2.24, 2.45) is 0 Å². The van der Waals surface area contributed by atoms with Crippen LogP contribution in [0.2, 0.25) is 0 Å². The molecule has 0 aliphatic carbocycles. The lowest BCUT2D eigenvalue weighted by atomic mass is 10.3. The Kier molecular flexibility index (Phi) is 6.35. The van der Waals surface area contributed by atoms with Crippen LogP contribution in [0, 0.1) is 0 Å². The molecular formula is C12H16ClN3S2. The highest BCUT2D eigenvalue weighted by Gasteiger charge is 2.08. The molecule has 0 aromatic carbocycles. The van der Waals surface area contributed by atoms with E-state index in [2.05, 4.69) is 34.0 Å². The largest absolute Gasteiger partial charge is 0.375 e. The maximum absolute atomic E-state index is 5.64. The Morgan fingerprint density at radius 1 is 1.39 bits per heavy atom. The Labute approximate surface area is 121 Å². The maximum atomic E-state index is 5.64. The van der Waals surface area contributed by atoms with Crippen molar-refractivity contribution in [3.05, 3.63) is 46.1 Å². The monoisotopic (exact) mass is 301 g/mol. The minimum Gasteiger partial charge on any atom is -0.375 e. The van der Waals surface area contributed by atoms with Gasteiger partial charge in [0.15, 0.2) is 5.13 Å². The Hall–Kier alpha value is -0.880. The summed E-state index contributed by atoms with van der Waals surface area (Å²) in [7, 11) is 0. The van der Waals surface area contributed by atoms with Crippen molar-refractivity contribution in [1.82, 2.24) is 9.88 Å². The summed E-state index contributed by atoms with van der Waals surface area (Å²) >= 11 is 3.33. The molecule has 0 atom stereocenters. The fourth-order valence-electron chi connectivity index (χ4n) is 1.61. The van der Waals surface area contributed by atoms with E-state index in [4.69, 9.17) is 5.73 Å². The molecule has 0 unspecified atom stereocenters. The molecule has 0 bridgehead atoms. The van der Waals surface area contributed by atoms with Crippen molar-refractivity contribution < 1.29 is 0 Å². The smallest absolute Gasteiger partial charge is 0.180 e. The molecule has 0 fully saturated rings. The van der Waals surface area contributed by atoms with Crippen molar-refractivity contribution >= 4 is 40.2 Å². The van der Waals surface area contributed by atoms with Crippen LogP contribution >= 0.6 is 35.1 Å². The highest BCUT2D eigenvalue weighted by molar-refractivity contribution is 7.15. The van der Waals surface area contributed by atoms with Crippen molar-refractivity contribution in [2.75, 3.05) is 12.3 Å². The molecule has 0 radical (unpaired) electrons. The first-order valence-electron chi connectivity index (χ1n) is 5.33. The molecule has 2 rings (SSSR count). The normalized spacial score (nSPS) is 10.3. The van der Waals surface area contributed by atoms with Gasteiger partial charge in [-0.05, 0) is 11.4 Å². The summed E-state index contributed by atoms with van der Waals surface area (Å²) in [5.74, 6) is 0. The molecule has 0 saturated carbocycles. The number of thiazole rings is 1. The second-order valence-electron chi connectivity index (χ2n) is 3.70. The maximum Gasteiger partial charge on any atom is 0.180 e. The number of hydrogen-bond acceptors (Lipinski definition) is 5. The molecule has 98 valence electrons. The van der Waals surface area contributed by atoms with Gasteiger partial charge < -0.3 is 5.73 Å². The number of aromatic nitrogens is 1. The van der Waals surface area contributed by atoms with Crippen LogP contribution in [-0.2, 0) is 13.1 Å². The number of thiophene rings is 1. The molecule has 2 aromatic heterocycles. The van der Waals surface area contributed by atoms with Crippen molar-refractivity contribution in [2.45, 2.75) is 13.1 Å². The van der Waals surface area contributed by atoms with Gasteiger partial charge in [-0.2, -0.15) is 0 Å². The van der Waals surface area contributed by atoms with E-state index < -0.39 is 0 Å². The summed E-state index contributed by atoms with van der Waals surface area (Å²) in [6, 6.07) is 4.23. The number of anilines is 1. The van der Waals surface area contributed by atoms with E-state index >= 15 is 0 Å². The van der Waals surface area contributed by atoms with Crippen LogP contribution in [0.15, 0.2) is 36.4 Å².